The topological polar surface area (TPSA) is 27.3 Å². The predicted molar refractivity (Wildman–Crippen MR) is 54.7 cm³/mol. The quantitative estimate of drug-likeness (QED) is 0.615. The van der Waals surface area contributed by atoms with Crippen molar-refractivity contribution in [3.8, 4) is 0 Å². The summed E-state index contributed by atoms with van der Waals surface area (Å²) < 4.78 is 0. The maximum absolute atomic E-state index is 3.58. The van der Waals surface area contributed by atoms with Crippen molar-refractivity contribution >= 4 is 0 Å². The van der Waals surface area contributed by atoms with Gasteiger partial charge in [-0.25, -0.2) is 0 Å². The van der Waals surface area contributed by atoms with Crippen molar-refractivity contribution in [2.75, 3.05) is 32.7 Å². The van der Waals surface area contributed by atoms with Crippen molar-refractivity contribution in [2.45, 2.75) is 31.8 Å². The molecule has 2 N–H and O–H groups in total. The molecule has 2 aliphatic heterocycles. The molecule has 0 amide bonds. The number of hydrogen-bond donors (Lipinski definition) is 2. The zero-order valence-corrected chi connectivity index (χ0v) is 8.39. The maximum Gasteiger partial charge on any atom is 0.0726 e. The molecule has 0 aromatic rings. The van der Waals surface area contributed by atoms with Crippen LogP contribution < -0.4 is 10.6 Å². The van der Waals surface area contributed by atoms with E-state index in [1.807, 2.05) is 0 Å². The predicted octanol–water partition coefficient (Wildman–Crippen LogP) is 0.381. The summed E-state index contributed by atoms with van der Waals surface area (Å²) in [6, 6.07) is 0. The lowest BCUT2D eigenvalue weighted by Crippen LogP contribution is -2.57. The number of hydrogen-bond acceptors (Lipinski definition) is 3. The van der Waals surface area contributed by atoms with Crippen LogP contribution in [0.1, 0.15) is 25.7 Å². The average molecular weight is 183 g/mol. The summed E-state index contributed by atoms with van der Waals surface area (Å²) in [5, 5.41) is 7.03. The number of rotatable bonds is 1. The summed E-state index contributed by atoms with van der Waals surface area (Å²) in [6.45, 7) is 5.96. The van der Waals surface area contributed by atoms with Crippen LogP contribution in [0.15, 0.2) is 0 Å². The third-order valence-electron chi connectivity index (χ3n) is 3.10. The minimum absolute atomic E-state index is 0.604. The van der Waals surface area contributed by atoms with E-state index in [0.717, 1.165) is 19.6 Å². The van der Waals surface area contributed by atoms with Crippen molar-refractivity contribution in [1.29, 1.82) is 0 Å². The molecular weight excluding hydrogens is 162 g/mol. The molecule has 2 rings (SSSR count). The molecule has 1 atom stereocenters. The van der Waals surface area contributed by atoms with Crippen molar-refractivity contribution in [3.63, 3.8) is 0 Å². The summed E-state index contributed by atoms with van der Waals surface area (Å²) in [6.07, 6.45) is 6.23. The molecule has 0 bridgehead atoms. The monoisotopic (exact) mass is 183 g/mol. The molecule has 2 fully saturated rings. The Labute approximate surface area is 80.9 Å². The highest BCUT2D eigenvalue weighted by Crippen LogP contribution is 2.11. The van der Waals surface area contributed by atoms with E-state index in [0.29, 0.717) is 6.17 Å². The molecule has 2 aliphatic rings. The minimum atomic E-state index is 0.604. The van der Waals surface area contributed by atoms with Crippen LogP contribution in [0, 0.1) is 0 Å². The molecule has 2 saturated heterocycles. The van der Waals surface area contributed by atoms with E-state index in [2.05, 4.69) is 15.5 Å². The van der Waals surface area contributed by atoms with E-state index in [1.54, 1.807) is 0 Å². The molecule has 76 valence electrons. The first kappa shape index (κ1) is 9.44. The highest BCUT2D eigenvalue weighted by Gasteiger charge is 2.20. The first-order valence-corrected chi connectivity index (χ1v) is 5.65. The summed E-state index contributed by atoms with van der Waals surface area (Å²) in [7, 11) is 0. The van der Waals surface area contributed by atoms with Crippen LogP contribution in [0.3, 0.4) is 0 Å². The lowest BCUT2D eigenvalue weighted by atomic mass is 10.2. The second-order valence-electron chi connectivity index (χ2n) is 4.12. The van der Waals surface area contributed by atoms with Crippen molar-refractivity contribution in [3.05, 3.63) is 0 Å². The molecule has 0 saturated carbocycles. The normalized spacial score (nSPS) is 32.8. The van der Waals surface area contributed by atoms with Crippen molar-refractivity contribution in [2.24, 2.45) is 0 Å². The van der Waals surface area contributed by atoms with Crippen LogP contribution >= 0.6 is 0 Å². The van der Waals surface area contributed by atoms with Crippen LogP contribution in [0.4, 0.5) is 0 Å². The average Bonchev–Trinajstić information content (AvgIpc) is 2.47. The van der Waals surface area contributed by atoms with Crippen LogP contribution in [0.25, 0.3) is 0 Å². The molecular formula is C10H21N3. The van der Waals surface area contributed by atoms with E-state index in [9.17, 15) is 0 Å². The van der Waals surface area contributed by atoms with Gasteiger partial charge in [-0.1, -0.05) is 12.8 Å². The fourth-order valence-corrected chi connectivity index (χ4v) is 2.30. The number of piperazine rings is 1. The third-order valence-corrected chi connectivity index (χ3v) is 3.10. The Balaban J connectivity index is 1.82. The zero-order valence-electron chi connectivity index (χ0n) is 8.39. The summed E-state index contributed by atoms with van der Waals surface area (Å²) in [5.74, 6) is 0. The zero-order chi connectivity index (χ0) is 8.93. The van der Waals surface area contributed by atoms with Crippen molar-refractivity contribution in [1.82, 2.24) is 15.5 Å². The maximum atomic E-state index is 3.58. The second kappa shape index (κ2) is 4.94. The molecule has 0 aliphatic carbocycles. The van der Waals surface area contributed by atoms with Crippen LogP contribution in [-0.2, 0) is 0 Å². The van der Waals surface area contributed by atoms with Gasteiger partial charge in [0, 0.05) is 19.6 Å². The molecule has 0 aromatic heterocycles. The Morgan fingerprint density at radius 1 is 0.923 bits per heavy atom. The molecule has 0 radical (unpaired) electrons. The standard InChI is InChI=1S/C10H21N3/c1-2-4-8-13(7-3-1)10-9-11-5-6-12-10/h10-12H,1-9H2. The van der Waals surface area contributed by atoms with Gasteiger partial charge in [0.15, 0.2) is 0 Å². The van der Waals surface area contributed by atoms with Gasteiger partial charge in [0.1, 0.15) is 0 Å². The fourth-order valence-electron chi connectivity index (χ4n) is 2.30. The Hall–Kier alpha value is -0.120. The molecule has 3 heteroatoms. The van der Waals surface area contributed by atoms with E-state index >= 15 is 0 Å². The van der Waals surface area contributed by atoms with E-state index in [-0.39, 0.29) is 0 Å². The first-order chi connectivity index (χ1) is 6.47. The summed E-state index contributed by atoms with van der Waals surface area (Å²) in [5.41, 5.74) is 0. The molecule has 2 heterocycles. The molecule has 1 unspecified atom stereocenters. The third kappa shape index (κ3) is 2.66. The summed E-state index contributed by atoms with van der Waals surface area (Å²) >= 11 is 0. The van der Waals surface area contributed by atoms with Gasteiger partial charge in [0.25, 0.3) is 0 Å². The minimum Gasteiger partial charge on any atom is -0.313 e. The van der Waals surface area contributed by atoms with Gasteiger partial charge in [-0.05, 0) is 25.9 Å². The second-order valence-corrected chi connectivity index (χ2v) is 4.12. The number of nitrogens with one attached hydrogen (secondary N) is 2. The molecule has 3 nitrogen and oxygen atoms in total. The SMILES string of the molecule is C1CCCN(C2CNCCN2)CC1. The van der Waals surface area contributed by atoms with Gasteiger partial charge < -0.3 is 5.32 Å². The van der Waals surface area contributed by atoms with Gasteiger partial charge in [0.2, 0.25) is 0 Å². The van der Waals surface area contributed by atoms with Gasteiger partial charge >= 0.3 is 0 Å². The van der Waals surface area contributed by atoms with Crippen LogP contribution in [-0.4, -0.2) is 43.8 Å². The molecule has 13 heavy (non-hydrogen) atoms. The van der Waals surface area contributed by atoms with Crippen LogP contribution in [0.5, 0.6) is 0 Å². The largest absolute Gasteiger partial charge is 0.313 e. The first-order valence-electron chi connectivity index (χ1n) is 5.65. The van der Waals surface area contributed by atoms with Crippen LogP contribution in [0.2, 0.25) is 0 Å². The van der Waals surface area contributed by atoms with Gasteiger partial charge in [-0.3, -0.25) is 10.2 Å². The smallest absolute Gasteiger partial charge is 0.0726 e. The number of nitrogens with zero attached hydrogens (tertiary/aromatic N) is 1. The molecule has 0 aromatic carbocycles. The van der Waals surface area contributed by atoms with Gasteiger partial charge in [-0.2, -0.15) is 0 Å². The highest BCUT2D eigenvalue weighted by molar-refractivity contribution is 4.77. The lowest BCUT2D eigenvalue weighted by molar-refractivity contribution is 0.153. The Kier molecular flexibility index (Phi) is 3.58. The fraction of sp³-hybridized carbons (Fsp3) is 1.00. The molecule has 0 spiro atoms. The lowest BCUT2D eigenvalue weighted by Gasteiger charge is -2.34. The Bertz CT molecular complexity index is 135. The van der Waals surface area contributed by atoms with E-state index < -0.39 is 0 Å². The summed E-state index contributed by atoms with van der Waals surface area (Å²) in [4.78, 5) is 2.61. The van der Waals surface area contributed by atoms with E-state index in [4.69, 9.17) is 0 Å². The van der Waals surface area contributed by atoms with Crippen molar-refractivity contribution < 1.29 is 0 Å². The Morgan fingerprint density at radius 3 is 2.31 bits per heavy atom. The number of likely N-dealkylation sites (tertiary alicyclic amines) is 1. The highest BCUT2D eigenvalue weighted by atomic mass is 15.3. The van der Waals surface area contributed by atoms with Gasteiger partial charge in [-0.15, -0.1) is 0 Å². The Morgan fingerprint density at radius 2 is 1.69 bits per heavy atom. The van der Waals surface area contributed by atoms with Gasteiger partial charge in [0.05, 0.1) is 6.17 Å². The van der Waals surface area contributed by atoms with E-state index in [1.165, 1.54) is 38.8 Å².